The van der Waals surface area contributed by atoms with Crippen LogP contribution in [0.1, 0.15) is 18.2 Å². The van der Waals surface area contributed by atoms with E-state index in [1.54, 1.807) is 0 Å². The highest BCUT2D eigenvalue weighted by molar-refractivity contribution is 7.99. The zero-order valence-corrected chi connectivity index (χ0v) is 14.4. The minimum Gasteiger partial charge on any atom is -0.486 e. The molecule has 9 heteroatoms. The molecule has 0 radical (unpaired) electrons. The molecule has 0 saturated carbocycles. The largest absolute Gasteiger partial charge is 0.486 e. The van der Waals surface area contributed by atoms with Gasteiger partial charge in [-0.15, -0.1) is 10.2 Å². The Hall–Kier alpha value is -1.74. The van der Waals surface area contributed by atoms with E-state index in [-0.39, 0.29) is 23.5 Å². The average molecular weight is 368 g/mol. The van der Waals surface area contributed by atoms with Gasteiger partial charge in [0.1, 0.15) is 12.7 Å². The first-order chi connectivity index (χ1) is 11.6. The zero-order chi connectivity index (χ0) is 16.6. The van der Waals surface area contributed by atoms with Crippen LogP contribution in [0.15, 0.2) is 33.9 Å². The Kier molecular flexibility index (Phi) is 4.13. The summed E-state index contributed by atoms with van der Waals surface area (Å²) < 4.78 is 40.2. The summed E-state index contributed by atoms with van der Waals surface area (Å²) in [6.45, 7) is 0.464. The molecule has 1 aromatic heterocycles. The molecule has 1 aromatic carbocycles. The molecular formula is C15H16N2O5S2. The monoisotopic (exact) mass is 368 g/mol. The van der Waals surface area contributed by atoms with E-state index in [1.165, 1.54) is 11.8 Å². The number of nitrogens with zero attached hydrogens (tertiary/aromatic N) is 2. The van der Waals surface area contributed by atoms with Gasteiger partial charge in [0, 0.05) is 5.75 Å². The first kappa shape index (κ1) is 15.8. The van der Waals surface area contributed by atoms with Crippen molar-refractivity contribution in [3.05, 3.63) is 30.2 Å². The van der Waals surface area contributed by atoms with Crippen LogP contribution in [0.25, 0.3) is 0 Å². The molecule has 2 aliphatic rings. The molecule has 24 heavy (non-hydrogen) atoms. The van der Waals surface area contributed by atoms with Crippen molar-refractivity contribution in [2.75, 3.05) is 23.9 Å². The maximum atomic E-state index is 11.5. The Morgan fingerprint density at radius 1 is 1.21 bits per heavy atom. The lowest BCUT2D eigenvalue weighted by molar-refractivity contribution is 0.107. The maximum absolute atomic E-state index is 11.5. The second-order valence-electron chi connectivity index (χ2n) is 5.81. The average Bonchev–Trinajstić information content (AvgIpc) is 3.19. The highest BCUT2D eigenvalue weighted by Gasteiger charge is 2.33. The lowest BCUT2D eigenvalue weighted by Crippen LogP contribution is -2.31. The topological polar surface area (TPSA) is 91.5 Å². The van der Waals surface area contributed by atoms with E-state index in [0.29, 0.717) is 29.9 Å². The van der Waals surface area contributed by atoms with Crippen LogP contribution in [0.3, 0.4) is 0 Å². The van der Waals surface area contributed by atoms with Gasteiger partial charge >= 0.3 is 0 Å². The van der Waals surface area contributed by atoms with Gasteiger partial charge < -0.3 is 13.9 Å². The fourth-order valence-electron chi connectivity index (χ4n) is 2.74. The third kappa shape index (κ3) is 3.36. The van der Waals surface area contributed by atoms with E-state index < -0.39 is 9.84 Å². The number of thioether (sulfide) groups is 1. The molecule has 0 bridgehead atoms. The standard InChI is InChI=1S/C15H16N2O5S2/c18-24(19)6-5-10(9-24)14-16-17-15(22-14)23-8-11-7-20-12-3-1-2-4-13(12)21-11/h1-4,10-11H,5-9H2/t10-,11+/m1/s1. The molecule has 1 fully saturated rings. The molecule has 0 aliphatic carbocycles. The number of aromatic nitrogens is 2. The van der Waals surface area contributed by atoms with Crippen molar-refractivity contribution < 1.29 is 22.3 Å². The lowest BCUT2D eigenvalue weighted by atomic mass is 10.1. The molecular weight excluding hydrogens is 352 g/mol. The number of sulfone groups is 1. The van der Waals surface area contributed by atoms with Crippen LogP contribution in [0.4, 0.5) is 0 Å². The molecule has 0 spiro atoms. The molecule has 0 amide bonds. The number of benzene rings is 1. The fraction of sp³-hybridized carbons (Fsp3) is 0.467. The molecule has 4 rings (SSSR count). The van der Waals surface area contributed by atoms with Gasteiger partial charge in [0.15, 0.2) is 21.3 Å². The van der Waals surface area contributed by atoms with Crippen molar-refractivity contribution in [1.29, 1.82) is 0 Å². The number of para-hydroxylation sites is 2. The zero-order valence-electron chi connectivity index (χ0n) is 12.8. The summed E-state index contributed by atoms with van der Waals surface area (Å²) in [5.41, 5.74) is 0. The number of ether oxygens (including phenoxy) is 2. The van der Waals surface area contributed by atoms with E-state index in [4.69, 9.17) is 13.9 Å². The minimum absolute atomic E-state index is 0.0929. The predicted molar refractivity (Wildman–Crippen MR) is 87.4 cm³/mol. The summed E-state index contributed by atoms with van der Waals surface area (Å²) in [6, 6.07) is 7.55. The number of hydrogen-bond acceptors (Lipinski definition) is 8. The Morgan fingerprint density at radius 2 is 2.04 bits per heavy atom. The smallest absolute Gasteiger partial charge is 0.276 e. The highest BCUT2D eigenvalue weighted by Crippen LogP contribution is 2.33. The van der Waals surface area contributed by atoms with Gasteiger partial charge in [0.2, 0.25) is 5.89 Å². The molecule has 0 N–H and O–H groups in total. The van der Waals surface area contributed by atoms with Crippen LogP contribution in [-0.4, -0.2) is 48.6 Å². The van der Waals surface area contributed by atoms with Crippen LogP contribution in [-0.2, 0) is 9.84 Å². The SMILES string of the molecule is O=S1(=O)CC[C@@H](c2nnc(SC[C@@H]3COc4ccccc4O3)o2)C1. The van der Waals surface area contributed by atoms with E-state index >= 15 is 0 Å². The van der Waals surface area contributed by atoms with E-state index in [2.05, 4.69) is 10.2 Å². The molecule has 2 atom stereocenters. The van der Waals surface area contributed by atoms with Crippen LogP contribution >= 0.6 is 11.8 Å². The Morgan fingerprint density at radius 3 is 2.83 bits per heavy atom. The molecule has 1 saturated heterocycles. The maximum Gasteiger partial charge on any atom is 0.276 e. The van der Waals surface area contributed by atoms with Gasteiger partial charge in [-0.1, -0.05) is 23.9 Å². The highest BCUT2D eigenvalue weighted by atomic mass is 32.2. The normalized spacial score (nSPS) is 24.8. The molecule has 0 unspecified atom stereocenters. The summed E-state index contributed by atoms with van der Waals surface area (Å²) in [4.78, 5) is 0. The molecule has 2 aliphatic heterocycles. The molecule has 3 heterocycles. The molecule has 128 valence electrons. The fourth-order valence-corrected chi connectivity index (χ4v) is 5.21. The third-order valence-electron chi connectivity index (χ3n) is 3.96. The van der Waals surface area contributed by atoms with Crippen molar-refractivity contribution in [3.63, 3.8) is 0 Å². The van der Waals surface area contributed by atoms with Crippen molar-refractivity contribution in [2.24, 2.45) is 0 Å². The van der Waals surface area contributed by atoms with Crippen molar-refractivity contribution >= 4 is 21.6 Å². The van der Waals surface area contributed by atoms with Gasteiger partial charge in [-0.2, -0.15) is 0 Å². The molecule has 7 nitrogen and oxygen atoms in total. The van der Waals surface area contributed by atoms with Gasteiger partial charge in [0.25, 0.3) is 5.22 Å². The predicted octanol–water partition coefficient (Wildman–Crippen LogP) is 1.90. The van der Waals surface area contributed by atoms with Crippen LogP contribution in [0.2, 0.25) is 0 Å². The summed E-state index contributed by atoms with van der Waals surface area (Å²) in [5, 5.41) is 8.41. The van der Waals surface area contributed by atoms with Gasteiger partial charge in [-0.25, -0.2) is 8.42 Å². The van der Waals surface area contributed by atoms with Crippen molar-refractivity contribution in [3.8, 4) is 11.5 Å². The second-order valence-corrected chi connectivity index (χ2v) is 9.01. The quantitative estimate of drug-likeness (QED) is 0.756. The summed E-state index contributed by atoms with van der Waals surface area (Å²) in [6.07, 6.45) is 0.442. The summed E-state index contributed by atoms with van der Waals surface area (Å²) in [7, 11) is -2.96. The van der Waals surface area contributed by atoms with Crippen molar-refractivity contribution in [2.45, 2.75) is 23.7 Å². The van der Waals surface area contributed by atoms with Gasteiger partial charge in [0.05, 0.1) is 17.4 Å². The lowest BCUT2D eigenvalue weighted by Gasteiger charge is -2.25. The Bertz CT molecular complexity index is 836. The van der Waals surface area contributed by atoms with Crippen LogP contribution in [0.5, 0.6) is 11.5 Å². The first-order valence-electron chi connectivity index (χ1n) is 7.64. The number of rotatable bonds is 4. The molecule has 2 aromatic rings. The van der Waals surface area contributed by atoms with Gasteiger partial charge in [-0.05, 0) is 18.6 Å². The minimum atomic E-state index is -2.96. The Balaban J connectivity index is 1.34. The van der Waals surface area contributed by atoms with E-state index in [9.17, 15) is 8.42 Å². The second kappa shape index (κ2) is 6.29. The van der Waals surface area contributed by atoms with E-state index in [0.717, 1.165) is 11.5 Å². The number of fused-ring (bicyclic) bond motifs is 1. The third-order valence-corrected chi connectivity index (χ3v) is 6.68. The summed E-state index contributed by atoms with van der Waals surface area (Å²) >= 11 is 1.39. The van der Waals surface area contributed by atoms with Gasteiger partial charge in [-0.3, -0.25) is 0 Å². The summed E-state index contributed by atoms with van der Waals surface area (Å²) in [5.74, 6) is 2.60. The Labute approximate surface area is 143 Å². The van der Waals surface area contributed by atoms with E-state index in [1.807, 2.05) is 24.3 Å². The van der Waals surface area contributed by atoms with Crippen LogP contribution < -0.4 is 9.47 Å². The van der Waals surface area contributed by atoms with Crippen LogP contribution in [0, 0.1) is 0 Å². The number of hydrogen-bond donors (Lipinski definition) is 0. The first-order valence-corrected chi connectivity index (χ1v) is 10.4. The van der Waals surface area contributed by atoms with Crippen molar-refractivity contribution in [1.82, 2.24) is 10.2 Å².